The maximum absolute atomic E-state index is 5.48. The van der Waals surface area contributed by atoms with Gasteiger partial charge in [-0.15, -0.1) is 24.0 Å². The third-order valence-corrected chi connectivity index (χ3v) is 4.54. The monoisotopic (exact) mass is 425 g/mol. The highest BCUT2D eigenvalue weighted by molar-refractivity contribution is 14.0. The maximum atomic E-state index is 5.48. The van der Waals surface area contributed by atoms with Gasteiger partial charge in [0.05, 0.1) is 26.4 Å². The van der Waals surface area contributed by atoms with Crippen LogP contribution in [-0.2, 0) is 9.47 Å². The molecule has 0 aromatic rings. The van der Waals surface area contributed by atoms with Crippen LogP contribution in [0.1, 0.15) is 32.6 Å². The summed E-state index contributed by atoms with van der Waals surface area (Å²) in [7, 11) is 1.69. The van der Waals surface area contributed by atoms with Crippen LogP contribution in [0.4, 0.5) is 0 Å². The van der Waals surface area contributed by atoms with Gasteiger partial charge in [0.1, 0.15) is 0 Å². The molecule has 22 heavy (non-hydrogen) atoms. The molecular formula is C16H32IN3O2. The van der Waals surface area contributed by atoms with E-state index in [-0.39, 0.29) is 24.0 Å². The normalized spacial score (nSPS) is 24.8. The highest BCUT2D eigenvalue weighted by Gasteiger charge is 2.35. The number of hydrogen-bond acceptors (Lipinski definition) is 3. The smallest absolute Gasteiger partial charge is 0.194 e. The molecule has 0 aromatic heterocycles. The van der Waals surface area contributed by atoms with E-state index in [1.54, 1.807) is 7.11 Å². The second kappa shape index (κ2) is 11.5. The van der Waals surface area contributed by atoms with E-state index in [1.165, 1.54) is 38.8 Å². The third-order valence-electron chi connectivity index (χ3n) is 4.54. The summed E-state index contributed by atoms with van der Waals surface area (Å²) in [5.41, 5.74) is 0. The third kappa shape index (κ3) is 6.20. The topological polar surface area (TPSA) is 46.1 Å². The molecule has 1 N–H and O–H groups in total. The average Bonchev–Trinajstić information content (AvgIpc) is 2.93. The standard InChI is InChI=1S/C16H31N3O2.HI/c1-3-17-16(18-8-9-21-11-10-20-2)19-12-14-6-4-5-7-15(14)13-19;/h14-15H,3-13H2,1-2H3,(H,17,18);1H. The number of nitrogens with one attached hydrogen (secondary N) is 1. The molecule has 2 rings (SSSR count). The van der Waals surface area contributed by atoms with Gasteiger partial charge in [0.2, 0.25) is 0 Å². The van der Waals surface area contributed by atoms with Crippen molar-refractivity contribution in [2.45, 2.75) is 32.6 Å². The van der Waals surface area contributed by atoms with Crippen LogP contribution in [0, 0.1) is 11.8 Å². The zero-order chi connectivity index (χ0) is 14.9. The van der Waals surface area contributed by atoms with Crippen molar-refractivity contribution in [1.82, 2.24) is 10.2 Å². The fourth-order valence-corrected chi connectivity index (χ4v) is 3.47. The molecule has 0 spiro atoms. The molecule has 130 valence electrons. The number of hydrogen-bond donors (Lipinski definition) is 1. The van der Waals surface area contributed by atoms with Crippen LogP contribution in [-0.4, -0.2) is 64.0 Å². The number of aliphatic imine (C=N–C) groups is 1. The van der Waals surface area contributed by atoms with Crippen molar-refractivity contribution in [3.8, 4) is 0 Å². The molecule has 2 fully saturated rings. The van der Waals surface area contributed by atoms with Gasteiger partial charge in [-0.1, -0.05) is 12.8 Å². The summed E-state index contributed by atoms with van der Waals surface area (Å²) in [5, 5.41) is 3.43. The fraction of sp³-hybridized carbons (Fsp3) is 0.938. The maximum Gasteiger partial charge on any atom is 0.194 e. The van der Waals surface area contributed by atoms with Crippen molar-refractivity contribution in [3.63, 3.8) is 0 Å². The summed E-state index contributed by atoms with van der Waals surface area (Å²) in [6.45, 7) is 8.11. The number of guanidine groups is 1. The van der Waals surface area contributed by atoms with Gasteiger partial charge in [0, 0.05) is 26.7 Å². The molecule has 1 aliphatic carbocycles. The molecule has 0 bridgehead atoms. The SMILES string of the molecule is CCNC(=NCCOCCOC)N1CC2CCCCC2C1.I. The first kappa shape index (κ1) is 20.0. The molecule has 1 saturated carbocycles. The fourth-order valence-electron chi connectivity index (χ4n) is 3.47. The van der Waals surface area contributed by atoms with Crippen LogP contribution < -0.4 is 5.32 Å². The highest BCUT2D eigenvalue weighted by Crippen LogP contribution is 2.35. The number of nitrogens with zero attached hydrogens (tertiary/aromatic N) is 2. The number of ether oxygens (including phenoxy) is 2. The van der Waals surface area contributed by atoms with E-state index in [4.69, 9.17) is 14.5 Å². The Hall–Kier alpha value is -0.0800. The largest absolute Gasteiger partial charge is 0.382 e. The zero-order valence-corrected chi connectivity index (χ0v) is 16.4. The summed E-state index contributed by atoms with van der Waals surface area (Å²) in [4.78, 5) is 7.17. The molecule has 0 aromatic carbocycles. The van der Waals surface area contributed by atoms with E-state index >= 15 is 0 Å². The number of halogens is 1. The van der Waals surface area contributed by atoms with Crippen molar-refractivity contribution >= 4 is 29.9 Å². The summed E-state index contributed by atoms with van der Waals surface area (Å²) in [6, 6.07) is 0. The van der Waals surface area contributed by atoms with Crippen LogP contribution in [0.3, 0.4) is 0 Å². The van der Waals surface area contributed by atoms with Crippen molar-refractivity contribution in [3.05, 3.63) is 0 Å². The number of rotatable bonds is 7. The first-order valence-electron chi connectivity index (χ1n) is 8.45. The Bertz CT molecular complexity index is 315. The van der Waals surface area contributed by atoms with Crippen molar-refractivity contribution in [1.29, 1.82) is 0 Å². The summed E-state index contributed by atoms with van der Waals surface area (Å²) >= 11 is 0. The molecule has 2 unspecified atom stereocenters. The highest BCUT2D eigenvalue weighted by atomic mass is 127. The van der Waals surface area contributed by atoms with Gasteiger partial charge in [-0.05, 0) is 31.6 Å². The lowest BCUT2D eigenvalue weighted by molar-refractivity contribution is 0.0747. The van der Waals surface area contributed by atoms with Crippen LogP contribution in [0.2, 0.25) is 0 Å². The van der Waals surface area contributed by atoms with Gasteiger partial charge >= 0.3 is 0 Å². The average molecular weight is 425 g/mol. The Balaban J connectivity index is 0.00000242. The van der Waals surface area contributed by atoms with Crippen LogP contribution in [0.5, 0.6) is 0 Å². The van der Waals surface area contributed by atoms with Gasteiger partial charge in [-0.3, -0.25) is 4.99 Å². The first-order chi connectivity index (χ1) is 10.3. The molecular weight excluding hydrogens is 393 g/mol. The quantitative estimate of drug-likeness (QED) is 0.295. The second-order valence-electron chi connectivity index (χ2n) is 6.05. The minimum Gasteiger partial charge on any atom is -0.382 e. The lowest BCUT2D eigenvalue weighted by Crippen LogP contribution is -2.40. The summed E-state index contributed by atoms with van der Waals surface area (Å²) in [5.74, 6) is 2.85. The Morgan fingerprint density at radius 1 is 1.14 bits per heavy atom. The molecule has 1 aliphatic heterocycles. The molecule has 1 heterocycles. The van der Waals surface area contributed by atoms with Crippen molar-refractivity contribution in [2.24, 2.45) is 16.8 Å². The van der Waals surface area contributed by atoms with E-state index in [2.05, 4.69) is 17.1 Å². The van der Waals surface area contributed by atoms with E-state index in [0.717, 1.165) is 30.9 Å². The Morgan fingerprint density at radius 3 is 2.41 bits per heavy atom. The van der Waals surface area contributed by atoms with E-state index in [9.17, 15) is 0 Å². The molecule has 0 amide bonds. The molecule has 2 aliphatic rings. The lowest BCUT2D eigenvalue weighted by atomic mass is 9.82. The molecule has 5 nitrogen and oxygen atoms in total. The molecule has 6 heteroatoms. The Labute approximate surface area is 152 Å². The van der Waals surface area contributed by atoms with E-state index in [1.807, 2.05) is 0 Å². The second-order valence-corrected chi connectivity index (χ2v) is 6.05. The minimum atomic E-state index is 0. The van der Waals surface area contributed by atoms with Crippen LogP contribution >= 0.6 is 24.0 Å². The Kier molecular flexibility index (Phi) is 10.4. The lowest BCUT2D eigenvalue weighted by Gasteiger charge is -2.22. The number of fused-ring (bicyclic) bond motifs is 1. The van der Waals surface area contributed by atoms with Crippen molar-refractivity contribution in [2.75, 3.05) is 53.1 Å². The minimum absolute atomic E-state index is 0. The van der Waals surface area contributed by atoms with Gasteiger partial charge in [-0.2, -0.15) is 0 Å². The van der Waals surface area contributed by atoms with E-state index < -0.39 is 0 Å². The van der Waals surface area contributed by atoms with Crippen molar-refractivity contribution < 1.29 is 9.47 Å². The van der Waals surface area contributed by atoms with Crippen LogP contribution in [0.15, 0.2) is 4.99 Å². The summed E-state index contributed by atoms with van der Waals surface area (Å²) < 4.78 is 10.4. The molecule has 0 radical (unpaired) electrons. The summed E-state index contributed by atoms with van der Waals surface area (Å²) in [6.07, 6.45) is 5.63. The predicted molar refractivity (Wildman–Crippen MR) is 101 cm³/mol. The Morgan fingerprint density at radius 2 is 1.82 bits per heavy atom. The van der Waals surface area contributed by atoms with Gasteiger partial charge in [0.15, 0.2) is 5.96 Å². The first-order valence-corrected chi connectivity index (χ1v) is 8.45. The van der Waals surface area contributed by atoms with E-state index in [0.29, 0.717) is 19.8 Å². The van der Waals surface area contributed by atoms with Gasteiger partial charge in [-0.25, -0.2) is 0 Å². The predicted octanol–water partition coefficient (Wildman–Crippen LogP) is 2.35. The van der Waals surface area contributed by atoms with Gasteiger partial charge < -0.3 is 19.7 Å². The van der Waals surface area contributed by atoms with Gasteiger partial charge in [0.25, 0.3) is 0 Å². The zero-order valence-electron chi connectivity index (χ0n) is 14.1. The number of methoxy groups -OCH3 is 1. The molecule has 2 atom stereocenters. The number of likely N-dealkylation sites (tertiary alicyclic amines) is 1. The molecule has 1 saturated heterocycles. The van der Waals surface area contributed by atoms with Crippen LogP contribution in [0.25, 0.3) is 0 Å².